The summed E-state index contributed by atoms with van der Waals surface area (Å²) in [6, 6.07) is 4.13. The van der Waals surface area contributed by atoms with E-state index in [9.17, 15) is 0 Å². The van der Waals surface area contributed by atoms with Crippen LogP contribution in [0.3, 0.4) is 0 Å². The number of ether oxygens (including phenoxy) is 1. The van der Waals surface area contributed by atoms with E-state index >= 15 is 0 Å². The number of aromatic amines is 1. The van der Waals surface area contributed by atoms with Crippen molar-refractivity contribution >= 4 is 26.8 Å². The van der Waals surface area contributed by atoms with Crippen LogP contribution in [-0.4, -0.2) is 25.2 Å². The van der Waals surface area contributed by atoms with Crippen molar-refractivity contribution < 1.29 is 4.74 Å². The number of aryl methyl sites for hydroxylation is 1. The maximum atomic E-state index is 5.45. The summed E-state index contributed by atoms with van der Waals surface area (Å²) in [5.41, 5.74) is 3.67. The minimum absolute atomic E-state index is 0.566. The molecule has 3 rings (SSSR count). The summed E-state index contributed by atoms with van der Waals surface area (Å²) >= 11 is 3.76. The highest BCUT2D eigenvalue weighted by atomic mass is 79.9. The van der Waals surface area contributed by atoms with Crippen LogP contribution in [0.25, 0.3) is 10.9 Å². The van der Waals surface area contributed by atoms with E-state index in [1.165, 1.54) is 27.5 Å². The number of rotatable bonds is 2. The molecule has 0 saturated carbocycles. The Morgan fingerprint density at radius 1 is 1.39 bits per heavy atom. The van der Waals surface area contributed by atoms with E-state index in [4.69, 9.17) is 4.74 Å². The van der Waals surface area contributed by atoms with Gasteiger partial charge in [-0.15, -0.1) is 0 Å². The van der Waals surface area contributed by atoms with Gasteiger partial charge in [-0.1, -0.05) is 6.07 Å². The summed E-state index contributed by atoms with van der Waals surface area (Å²) < 4.78 is 6.64. The summed E-state index contributed by atoms with van der Waals surface area (Å²) in [5, 5.41) is 4.66. The first kappa shape index (κ1) is 12.1. The fraction of sp³-hybridized carbons (Fsp3) is 0.429. The Bertz CT molecular complexity index is 585. The first-order chi connectivity index (χ1) is 8.72. The van der Waals surface area contributed by atoms with Crippen LogP contribution in [0.2, 0.25) is 0 Å². The van der Waals surface area contributed by atoms with Gasteiger partial charge in [0.2, 0.25) is 0 Å². The normalized spacial score (nSPS) is 19.6. The zero-order valence-corrected chi connectivity index (χ0v) is 12.2. The van der Waals surface area contributed by atoms with E-state index in [-0.39, 0.29) is 0 Å². The van der Waals surface area contributed by atoms with Gasteiger partial charge < -0.3 is 15.0 Å². The van der Waals surface area contributed by atoms with E-state index in [2.05, 4.69) is 39.2 Å². The van der Waals surface area contributed by atoms with Crippen molar-refractivity contribution in [3.05, 3.63) is 27.9 Å². The Balaban J connectivity index is 2.22. The topological polar surface area (TPSA) is 37.0 Å². The van der Waals surface area contributed by atoms with Gasteiger partial charge in [-0.2, -0.15) is 0 Å². The van der Waals surface area contributed by atoms with E-state index in [1.54, 1.807) is 7.11 Å². The third-order valence-electron chi connectivity index (χ3n) is 3.78. The first-order valence-corrected chi connectivity index (χ1v) is 7.07. The number of hydrogen-bond donors (Lipinski definition) is 2. The number of halogens is 1. The van der Waals surface area contributed by atoms with E-state index in [0.717, 1.165) is 24.4 Å². The number of aromatic nitrogens is 1. The molecule has 1 unspecified atom stereocenters. The average Bonchev–Trinajstić information content (AvgIpc) is 2.98. The molecule has 1 aliphatic rings. The minimum atomic E-state index is 0.566. The van der Waals surface area contributed by atoms with Gasteiger partial charge in [0.1, 0.15) is 5.75 Å². The molecule has 1 saturated heterocycles. The van der Waals surface area contributed by atoms with Crippen molar-refractivity contribution in [1.82, 2.24) is 10.3 Å². The lowest BCUT2D eigenvalue weighted by Gasteiger charge is -2.06. The maximum Gasteiger partial charge on any atom is 0.142 e. The Morgan fingerprint density at radius 3 is 2.89 bits per heavy atom. The molecule has 1 aromatic carbocycles. The number of benzene rings is 1. The van der Waals surface area contributed by atoms with Crippen LogP contribution in [0.1, 0.15) is 23.6 Å². The fourth-order valence-electron chi connectivity index (χ4n) is 2.77. The van der Waals surface area contributed by atoms with Crippen LogP contribution >= 0.6 is 15.9 Å². The second kappa shape index (κ2) is 4.59. The first-order valence-electron chi connectivity index (χ1n) is 6.27. The molecular weight excluding hydrogens is 292 g/mol. The van der Waals surface area contributed by atoms with Gasteiger partial charge in [0.15, 0.2) is 0 Å². The summed E-state index contributed by atoms with van der Waals surface area (Å²) in [7, 11) is 1.72. The predicted molar refractivity (Wildman–Crippen MR) is 77.5 cm³/mol. The molecule has 3 nitrogen and oxygen atoms in total. The van der Waals surface area contributed by atoms with Crippen LogP contribution in [0.4, 0.5) is 0 Å². The smallest absolute Gasteiger partial charge is 0.142 e. The van der Waals surface area contributed by atoms with Crippen LogP contribution in [0.5, 0.6) is 5.75 Å². The molecule has 1 atom stereocenters. The molecule has 2 aromatic rings. The summed E-state index contributed by atoms with van der Waals surface area (Å²) in [6.07, 6.45) is 1.19. The van der Waals surface area contributed by atoms with Crippen molar-refractivity contribution in [1.29, 1.82) is 0 Å². The summed E-state index contributed by atoms with van der Waals surface area (Å²) in [5.74, 6) is 1.48. The fourth-order valence-corrected chi connectivity index (χ4v) is 3.71. The molecule has 1 fully saturated rings. The lowest BCUT2D eigenvalue weighted by Crippen LogP contribution is -2.08. The van der Waals surface area contributed by atoms with E-state index in [1.807, 2.05) is 6.07 Å². The zero-order chi connectivity index (χ0) is 12.7. The molecule has 0 radical (unpaired) electrons. The van der Waals surface area contributed by atoms with Crippen LogP contribution < -0.4 is 10.1 Å². The van der Waals surface area contributed by atoms with Gasteiger partial charge in [-0.25, -0.2) is 0 Å². The van der Waals surface area contributed by atoms with Gasteiger partial charge in [-0.05, 0) is 47.4 Å². The van der Waals surface area contributed by atoms with Crippen molar-refractivity contribution in [2.24, 2.45) is 0 Å². The van der Waals surface area contributed by atoms with Gasteiger partial charge >= 0.3 is 0 Å². The summed E-state index contributed by atoms with van der Waals surface area (Å²) in [4.78, 5) is 3.55. The van der Waals surface area contributed by atoms with Crippen LogP contribution in [-0.2, 0) is 0 Å². The highest BCUT2D eigenvalue weighted by Gasteiger charge is 2.23. The van der Waals surface area contributed by atoms with Crippen LogP contribution in [0.15, 0.2) is 16.6 Å². The van der Waals surface area contributed by atoms with E-state index < -0.39 is 0 Å². The zero-order valence-electron chi connectivity index (χ0n) is 10.6. The molecule has 2 N–H and O–H groups in total. The SMILES string of the molecule is COc1ccc(C)c2c(Br)c(C3CCNC3)[nH]c12. The largest absolute Gasteiger partial charge is 0.495 e. The average molecular weight is 309 g/mol. The Morgan fingerprint density at radius 2 is 2.22 bits per heavy atom. The van der Waals surface area contributed by atoms with Crippen molar-refractivity contribution in [2.75, 3.05) is 20.2 Å². The second-order valence-corrected chi connectivity index (χ2v) is 5.67. The standard InChI is InChI=1S/C14H17BrN2O/c1-8-3-4-10(18-2)14-11(8)12(15)13(17-14)9-5-6-16-7-9/h3-4,9,16-17H,5-7H2,1-2H3. The maximum absolute atomic E-state index is 5.45. The lowest BCUT2D eigenvalue weighted by atomic mass is 10.0. The molecule has 0 amide bonds. The molecule has 1 aromatic heterocycles. The molecule has 0 aliphatic carbocycles. The predicted octanol–water partition coefficient (Wildman–Crippen LogP) is 3.32. The lowest BCUT2D eigenvalue weighted by molar-refractivity contribution is 0.419. The molecule has 4 heteroatoms. The van der Waals surface area contributed by atoms with E-state index in [0.29, 0.717) is 5.92 Å². The molecule has 2 heterocycles. The molecule has 0 bridgehead atoms. The minimum Gasteiger partial charge on any atom is -0.495 e. The third-order valence-corrected chi connectivity index (χ3v) is 4.60. The Hall–Kier alpha value is -1.00. The molecule has 0 spiro atoms. The quantitative estimate of drug-likeness (QED) is 0.893. The number of H-pyrrole nitrogens is 1. The highest BCUT2D eigenvalue weighted by Crippen LogP contribution is 2.39. The van der Waals surface area contributed by atoms with Crippen molar-refractivity contribution in [3.8, 4) is 5.75 Å². The van der Waals surface area contributed by atoms with Crippen molar-refractivity contribution in [2.45, 2.75) is 19.3 Å². The monoisotopic (exact) mass is 308 g/mol. The Labute approximate surface area is 115 Å². The number of nitrogens with one attached hydrogen (secondary N) is 2. The van der Waals surface area contributed by atoms with Crippen LogP contribution in [0, 0.1) is 6.92 Å². The number of hydrogen-bond acceptors (Lipinski definition) is 2. The van der Waals surface area contributed by atoms with Gasteiger partial charge in [0, 0.05) is 28.0 Å². The third kappa shape index (κ3) is 1.75. The summed E-state index contributed by atoms with van der Waals surface area (Å²) in [6.45, 7) is 4.28. The van der Waals surface area contributed by atoms with Gasteiger partial charge in [0.05, 0.1) is 12.6 Å². The van der Waals surface area contributed by atoms with Gasteiger partial charge in [-0.3, -0.25) is 0 Å². The Kier molecular flexibility index (Phi) is 3.08. The molecule has 96 valence electrons. The number of methoxy groups -OCH3 is 1. The second-order valence-electron chi connectivity index (χ2n) is 4.88. The van der Waals surface area contributed by atoms with Gasteiger partial charge in [0.25, 0.3) is 0 Å². The number of fused-ring (bicyclic) bond motifs is 1. The molecule has 1 aliphatic heterocycles. The molecular formula is C14H17BrN2O. The molecule has 18 heavy (non-hydrogen) atoms. The van der Waals surface area contributed by atoms with Crippen molar-refractivity contribution in [3.63, 3.8) is 0 Å². The highest BCUT2D eigenvalue weighted by molar-refractivity contribution is 9.10.